The molecule has 0 fully saturated rings. The molecule has 0 spiro atoms. The van der Waals surface area contributed by atoms with Crippen LogP contribution in [0.4, 0.5) is 5.69 Å². The van der Waals surface area contributed by atoms with Crippen LogP contribution in [-0.4, -0.2) is 31.2 Å². The Kier molecular flexibility index (Phi) is 3.27. The Morgan fingerprint density at radius 3 is 2.67 bits per heavy atom. The monoisotopic (exact) mass is 204 g/mol. The average Bonchev–Trinajstić information content (AvgIpc) is 2.69. The SMILES string of the molecule is CCN(CC)CN1CCc2ccccc21. The second-order valence-corrected chi connectivity index (χ2v) is 4.09. The summed E-state index contributed by atoms with van der Waals surface area (Å²) in [6.45, 7) is 8.97. The molecule has 0 saturated carbocycles. The largest absolute Gasteiger partial charge is 0.358 e. The van der Waals surface area contributed by atoms with Gasteiger partial charge in [0.05, 0.1) is 6.67 Å². The number of rotatable bonds is 4. The molecule has 1 aromatic carbocycles. The summed E-state index contributed by atoms with van der Waals surface area (Å²) in [4.78, 5) is 4.95. The second kappa shape index (κ2) is 4.67. The molecule has 0 atom stereocenters. The lowest BCUT2D eigenvalue weighted by Crippen LogP contribution is -2.36. The van der Waals surface area contributed by atoms with E-state index in [4.69, 9.17) is 0 Å². The minimum Gasteiger partial charge on any atom is -0.358 e. The molecule has 1 aliphatic rings. The van der Waals surface area contributed by atoms with E-state index in [0.29, 0.717) is 0 Å². The first-order chi connectivity index (χ1) is 7.35. The Morgan fingerprint density at radius 2 is 1.93 bits per heavy atom. The van der Waals surface area contributed by atoms with Gasteiger partial charge < -0.3 is 4.90 Å². The van der Waals surface area contributed by atoms with Gasteiger partial charge in [0.2, 0.25) is 0 Å². The smallest absolute Gasteiger partial charge is 0.0707 e. The maximum atomic E-state index is 2.49. The van der Waals surface area contributed by atoms with Crippen molar-refractivity contribution < 1.29 is 0 Å². The molecule has 0 N–H and O–H groups in total. The van der Waals surface area contributed by atoms with Crippen molar-refractivity contribution in [2.24, 2.45) is 0 Å². The van der Waals surface area contributed by atoms with Gasteiger partial charge in [-0.1, -0.05) is 32.0 Å². The molecule has 15 heavy (non-hydrogen) atoms. The number of hydrogen-bond acceptors (Lipinski definition) is 2. The molecule has 82 valence electrons. The van der Waals surface area contributed by atoms with Gasteiger partial charge in [-0.2, -0.15) is 0 Å². The molecule has 0 unspecified atom stereocenters. The summed E-state index contributed by atoms with van der Waals surface area (Å²) in [7, 11) is 0. The third kappa shape index (κ3) is 2.15. The number of fused-ring (bicyclic) bond motifs is 1. The van der Waals surface area contributed by atoms with E-state index in [2.05, 4.69) is 47.9 Å². The highest BCUT2D eigenvalue weighted by Crippen LogP contribution is 2.27. The quantitative estimate of drug-likeness (QED) is 0.743. The first-order valence-corrected chi connectivity index (χ1v) is 5.90. The van der Waals surface area contributed by atoms with Crippen LogP contribution in [0.5, 0.6) is 0 Å². The minimum atomic E-state index is 1.07. The van der Waals surface area contributed by atoms with Crippen LogP contribution >= 0.6 is 0 Å². The van der Waals surface area contributed by atoms with Gasteiger partial charge in [0.15, 0.2) is 0 Å². The van der Waals surface area contributed by atoms with Gasteiger partial charge in [-0.15, -0.1) is 0 Å². The zero-order valence-electron chi connectivity index (χ0n) is 9.74. The van der Waals surface area contributed by atoms with Crippen LogP contribution in [0.1, 0.15) is 19.4 Å². The standard InChI is InChI=1S/C13H20N2/c1-3-14(4-2)11-15-10-9-12-7-5-6-8-13(12)15/h5-8H,3-4,9-11H2,1-2H3. The van der Waals surface area contributed by atoms with Crippen LogP contribution in [0, 0.1) is 0 Å². The third-order valence-electron chi connectivity index (χ3n) is 3.25. The van der Waals surface area contributed by atoms with Crippen LogP contribution in [0.15, 0.2) is 24.3 Å². The number of benzene rings is 1. The molecule has 0 bridgehead atoms. The first kappa shape index (κ1) is 10.5. The average molecular weight is 204 g/mol. The Balaban J connectivity index is 2.07. The van der Waals surface area contributed by atoms with Crippen LogP contribution in [-0.2, 0) is 6.42 Å². The fourth-order valence-electron chi connectivity index (χ4n) is 2.22. The fraction of sp³-hybridized carbons (Fsp3) is 0.538. The zero-order chi connectivity index (χ0) is 10.7. The normalized spacial score (nSPS) is 14.7. The molecule has 0 aromatic heterocycles. The Labute approximate surface area is 92.5 Å². The van der Waals surface area contributed by atoms with E-state index in [-0.39, 0.29) is 0 Å². The maximum absolute atomic E-state index is 2.49. The van der Waals surface area contributed by atoms with Gasteiger partial charge in [0.25, 0.3) is 0 Å². The van der Waals surface area contributed by atoms with E-state index in [1.54, 1.807) is 0 Å². The Bertz CT molecular complexity index is 318. The lowest BCUT2D eigenvalue weighted by atomic mass is 10.2. The third-order valence-corrected chi connectivity index (χ3v) is 3.25. The van der Waals surface area contributed by atoms with Crippen LogP contribution < -0.4 is 4.90 Å². The Morgan fingerprint density at radius 1 is 1.20 bits per heavy atom. The zero-order valence-corrected chi connectivity index (χ0v) is 9.74. The summed E-state index contributed by atoms with van der Waals surface area (Å²) in [6, 6.07) is 8.77. The van der Waals surface area contributed by atoms with Crippen molar-refractivity contribution in [1.29, 1.82) is 0 Å². The Hall–Kier alpha value is -1.02. The van der Waals surface area contributed by atoms with E-state index in [1.807, 2.05) is 0 Å². The van der Waals surface area contributed by atoms with Crippen molar-refractivity contribution in [2.45, 2.75) is 20.3 Å². The van der Waals surface area contributed by atoms with E-state index >= 15 is 0 Å². The molecule has 0 radical (unpaired) electrons. The van der Waals surface area contributed by atoms with Crippen LogP contribution in [0.3, 0.4) is 0 Å². The second-order valence-electron chi connectivity index (χ2n) is 4.09. The highest BCUT2D eigenvalue weighted by atomic mass is 15.3. The maximum Gasteiger partial charge on any atom is 0.0707 e. The molecular weight excluding hydrogens is 184 g/mol. The lowest BCUT2D eigenvalue weighted by Gasteiger charge is -2.27. The topological polar surface area (TPSA) is 6.48 Å². The fourth-order valence-corrected chi connectivity index (χ4v) is 2.22. The van der Waals surface area contributed by atoms with E-state index in [9.17, 15) is 0 Å². The number of anilines is 1. The molecular formula is C13H20N2. The van der Waals surface area contributed by atoms with Crippen molar-refractivity contribution in [2.75, 3.05) is 31.2 Å². The summed E-state index contributed by atoms with van der Waals surface area (Å²) in [5.74, 6) is 0. The van der Waals surface area contributed by atoms with Crippen molar-refractivity contribution in [3.63, 3.8) is 0 Å². The molecule has 2 nitrogen and oxygen atoms in total. The van der Waals surface area contributed by atoms with E-state index in [1.165, 1.54) is 24.2 Å². The van der Waals surface area contributed by atoms with Crippen LogP contribution in [0.25, 0.3) is 0 Å². The number of nitrogens with zero attached hydrogens (tertiary/aromatic N) is 2. The van der Waals surface area contributed by atoms with Crippen LogP contribution in [0.2, 0.25) is 0 Å². The molecule has 2 heteroatoms. The minimum absolute atomic E-state index is 1.07. The summed E-state index contributed by atoms with van der Waals surface area (Å²) in [5, 5.41) is 0. The van der Waals surface area contributed by atoms with Gasteiger partial charge in [0, 0.05) is 12.2 Å². The first-order valence-electron chi connectivity index (χ1n) is 5.90. The van der Waals surface area contributed by atoms with Crippen molar-refractivity contribution in [3.05, 3.63) is 29.8 Å². The van der Waals surface area contributed by atoms with Crippen molar-refractivity contribution >= 4 is 5.69 Å². The summed E-state index contributed by atoms with van der Waals surface area (Å²) in [6.07, 6.45) is 1.21. The van der Waals surface area contributed by atoms with E-state index in [0.717, 1.165) is 19.8 Å². The molecule has 0 aliphatic carbocycles. The van der Waals surface area contributed by atoms with E-state index < -0.39 is 0 Å². The van der Waals surface area contributed by atoms with Gasteiger partial charge in [-0.25, -0.2) is 0 Å². The lowest BCUT2D eigenvalue weighted by molar-refractivity contribution is 0.304. The molecule has 0 amide bonds. The molecule has 1 heterocycles. The van der Waals surface area contributed by atoms with Crippen molar-refractivity contribution in [1.82, 2.24) is 4.90 Å². The molecule has 1 aliphatic heterocycles. The van der Waals surface area contributed by atoms with Gasteiger partial charge in [0.1, 0.15) is 0 Å². The van der Waals surface area contributed by atoms with Crippen molar-refractivity contribution in [3.8, 4) is 0 Å². The molecule has 1 aromatic rings. The van der Waals surface area contributed by atoms with Gasteiger partial charge >= 0.3 is 0 Å². The predicted octanol–water partition coefficient (Wildman–Crippen LogP) is 2.35. The predicted molar refractivity (Wildman–Crippen MR) is 65.3 cm³/mol. The van der Waals surface area contributed by atoms with Gasteiger partial charge in [-0.05, 0) is 31.1 Å². The number of para-hydroxylation sites is 1. The molecule has 2 rings (SSSR count). The highest BCUT2D eigenvalue weighted by molar-refractivity contribution is 5.57. The summed E-state index contributed by atoms with van der Waals surface area (Å²) >= 11 is 0. The molecule has 0 saturated heterocycles. The van der Waals surface area contributed by atoms with Gasteiger partial charge in [-0.3, -0.25) is 4.90 Å². The summed E-state index contributed by atoms with van der Waals surface area (Å²) in [5.41, 5.74) is 2.94. The summed E-state index contributed by atoms with van der Waals surface area (Å²) < 4.78 is 0. The highest BCUT2D eigenvalue weighted by Gasteiger charge is 2.18. The number of hydrogen-bond donors (Lipinski definition) is 0.